The van der Waals surface area contributed by atoms with Gasteiger partial charge in [0.1, 0.15) is 0 Å². The second kappa shape index (κ2) is 9.75. The van der Waals surface area contributed by atoms with Crippen LogP contribution in [-0.4, -0.2) is 35.8 Å². The first-order chi connectivity index (χ1) is 14.0. The molecule has 0 spiro atoms. The van der Waals surface area contributed by atoms with Crippen molar-refractivity contribution in [2.24, 2.45) is 0 Å². The summed E-state index contributed by atoms with van der Waals surface area (Å²) in [6.45, 7) is 1.66. The van der Waals surface area contributed by atoms with Crippen LogP contribution in [0.15, 0.2) is 54.7 Å². The predicted molar refractivity (Wildman–Crippen MR) is 113 cm³/mol. The minimum Gasteiger partial charge on any atom is -0.454 e. The number of amides is 1. The number of hydrogen-bond donors (Lipinski definition) is 1. The number of carbonyl (C=O) groups is 3. The average Bonchev–Trinajstić information content (AvgIpc) is 3.19. The average molecular weight is 408 g/mol. The van der Waals surface area contributed by atoms with E-state index >= 15 is 0 Å². The largest absolute Gasteiger partial charge is 0.454 e. The van der Waals surface area contributed by atoms with Crippen molar-refractivity contribution >= 4 is 46.0 Å². The Balaban J connectivity index is 1.52. The van der Waals surface area contributed by atoms with Gasteiger partial charge in [0, 0.05) is 41.6 Å². The fraction of sp³-hybridized carbons (Fsp3) is 0.182. The Hall–Kier alpha value is -3.32. The number of nitrogens with zero attached hydrogens (tertiary/aromatic N) is 1. The van der Waals surface area contributed by atoms with Crippen molar-refractivity contribution in [2.75, 3.05) is 13.2 Å². The number of rotatable bonds is 8. The Bertz CT molecular complexity index is 1070. The standard InChI is InChI=1S/C22H20N2O4S/c1-15(25)23-13-11-18-8-9-20(29-18)19(26)14-28-21(27)10-7-17-5-2-4-16-6-3-12-24-22(16)17/h2-10,12H,11,13-14H2,1H3,(H,23,25)/b10-7+. The van der Waals surface area contributed by atoms with Gasteiger partial charge < -0.3 is 10.1 Å². The van der Waals surface area contributed by atoms with Crippen LogP contribution in [0.5, 0.6) is 0 Å². The molecule has 7 heteroatoms. The van der Waals surface area contributed by atoms with Crippen LogP contribution in [0.25, 0.3) is 17.0 Å². The molecule has 0 aliphatic rings. The van der Waals surface area contributed by atoms with Crippen molar-refractivity contribution in [3.8, 4) is 0 Å². The first kappa shape index (κ1) is 20.4. The van der Waals surface area contributed by atoms with E-state index in [-0.39, 0.29) is 18.3 Å². The van der Waals surface area contributed by atoms with Crippen LogP contribution in [0.2, 0.25) is 0 Å². The minimum atomic E-state index is -0.589. The van der Waals surface area contributed by atoms with Crippen LogP contribution < -0.4 is 5.32 Å². The lowest BCUT2D eigenvalue weighted by molar-refractivity contribution is -0.136. The number of benzene rings is 1. The molecular weight excluding hydrogens is 388 g/mol. The van der Waals surface area contributed by atoms with Crippen LogP contribution >= 0.6 is 11.3 Å². The molecule has 3 rings (SSSR count). The molecule has 0 aliphatic carbocycles. The molecular formula is C22H20N2O4S. The van der Waals surface area contributed by atoms with Crippen molar-refractivity contribution in [3.63, 3.8) is 0 Å². The quantitative estimate of drug-likeness (QED) is 0.351. The molecule has 148 valence electrons. The molecule has 6 nitrogen and oxygen atoms in total. The molecule has 2 heterocycles. The molecule has 1 N–H and O–H groups in total. The van der Waals surface area contributed by atoms with E-state index in [0.717, 1.165) is 21.3 Å². The summed E-state index contributed by atoms with van der Waals surface area (Å²) in [5, 5.41) is 3.69. The van der Waals surface area contributed by atoms with Crippen LogP contribution in [0.4, 0.5) is 0 Å². The molecule has 0 unspecified atom stereocenters. The fourth-order valence-electron chi connectivity index (χ4n) is 2.70. The maximum absolute atomic E-state index is 12.2. The first-order valence-electron chi connectivity index (χ1n) is 9.08. The molecule has 0 saturated heterocycles. The van der Waals surface area contributed by atoms with Crippen LogP contribution in [0, 0.1) is 0 Å². The second-order valence-corrected chi connectivity index (χ2v) is 7.45. The summed E-state index contributed by atoms with van der Waals surface area (Å²) in [7, 11) is 0. The Morgan fingerprint density at radius 2 is 1.97 bits per heavy atom. The number of hydrogen-bond acceptors (Lipinski definition) is 6. The third kappa shape index (κ3) is 5.83. The summed E-state index contributed by atoms with van der Waals surface area (Å²) in [6, 6.07) is 13.0. The van der Waals surface area contributed by atoms with E-state index in [4.69, 9.17) is 4.74 Å². The number of para-hydroxylation sites is 1. The molecule has 29 heavy (non-hydrogen) atoms. The molecule has 0 fully saturated rings. The summed E-state index contributed by atoms with van der Waals surface area (Å²) in [5.41, 5.74) is 1.59. The number of carbonyl (C=O) groups excluding carboxylic acids is 3. The van der Waals surface area contributed by atoms with E-state index in [1.807, 2.05) is 36.4 Å². The van der Waals surface area contributed by atoms with Gasteiger partial charge in [0.2, 0.25) is 11.7 Å². The van der Waals surface area contributed by atoms with Crippen molar-refractivity contribution in [2.45, 2.75) is 13.3 Å². The lowest BCUT2D eigenvalue weighted by Crippen LogP contribution is -2.22. The fourth-order valence-corrected chi connectivity index (χ4v) is 3.63. The number of ether oxygens (including phenoxy) is 1. The van der Waals surface area contributed by atoms with E-state index in [1.54, 1.807) is 18.3 Å². The molecule has 0 radical (unpaired) electrons. The smallest absolute Gasteiger partial charge is 0.331 e. The number of ketones is 1. The number of esters is 1. The zero-order valence-corrected chi connectivity index (χ0v) is 16.7. The van der Waals surface area contributed by atoms with Gasteiger partial charge in [0.25, 0.3) is 0 Å². The molecule has 0 aliphatic heterocycles. The highest BCUT2D eigenvalue weighted by atomic mass is 32.1. The van der Waals surface area contributed by atoms with Crippen LogP contribution in [0.1, 0.15) is 27.0 Å². The number of pyridine rings is 1. The summed E-state index contributed by atoms with van der Waals surface area (Å²) in [5.74, 6) is -0.930. The number of Topliss-reactive ketones (excluding diaryl/α,β-unsaturated/α-hetero) is 1. The summed E-state index contributed by atoms with van der Waals surface area (Å²) in [6.07, 6.45) is 5.28. The summed E-state index contributed by atoms with van der Waals surface area (Å²) < 4.78 is 5.07. The maximum atomic E-state index is 12.2. The lowest BCUT2D eigenvalue weighted by atomic mass is 10.1. The highest BCUT2D eigenvalue weighted by Gasteiger charge is 2.11. The van der Waals surface area contributed by atoms with E-state index in [1.165, 1.54) is 24.3 Å². The van der Waals surface area contributed by atoms with Crippen molar-refractivity contribution in [1.82, 2.24) is 10.3 Å². The zero-order chi connectivity index (χ0) is 20.6. The Kier molecular flexibility index (Phi) is 6.86. The van der Waals surface area contributed by atoms with Gasteiger partial charge in [-0.15, -0.1) is 11.3 Å². The minimum absolute atomic E-state index is 0.0860. The van der Waals surface area contributed by atoms with Gasteiger partial charge >= 0.3 is 5.97 Å². The molecule has 0 bridgehead atoms. The monoisotopic (exact) mass is 408 g/mol. The van der Waals surface area contributed by atoms with Gasteiger partial charge in [0.15, 0.2) is 6.61 Å². The van der Waals surface area contributed by atoms with Gasteiger partial charge in [-0.1, -0.05) is 24.3 Å². The predicted octanol–water partition coefficient (Wildman–Crippen LogP) is 3.41. The third-order valence-electron chi connectivity index (χ3n) is 4.09. The molecule has 1 aromatic carbocycles. The second-order valence-electron chi connectivity index (χ2n) is 6.29. The van der Waals surface area contributed by atoms with Crippen molar-refractivity contribution in [3.05, 3.63) is 70.1 Å². The van der Waals surface area contributed by atoms with E-state index in [9.17, 15) is 14.4 Å². The van der Waals surface area contributed by atoms with Crippen molar-refractivity contribution in [1.29, 1.82) is 0 Å². The Morgan fingerprint density at radius 3 is 2.79 bits per heavy atom. The highest BCUT2D eigenvalue weighted by molar-refractivity contribution is 7.14. The highest BCUT2D eigenvalue weighted by Crippen LogP contribution is 2.18. The Morgan fingerprint density at radius 1 is 1.14 bits per heavy atom. The number of thiophene rings is 1. The van der Waals surface area contributed by atoms with Gasteiger partial charge in [-0.25, -0.2) is 4.79 Å². The van der Waals surface area contributed by atoms with E-state index in [0.29, 0.717) is 17.8 Å². The third-order valence-corrected chi connectivity index (χ3v) is 5.28. The lowest BCUT2D eigenvalue weighted by Gasteiger charge is -2.02. The SMILES string of the molecule is CC(=O)NCCc1ccc(C(=O)COC(=O)/C=C/c2cccc3cccnc23)s1. The normalized spacial score (nSPS) is 10.9. The van der Waals surface area contributed by atoms with E-state index < -0.39 is 5.97 Å². The Labute approximate surface area is 172 Å². The molecule has 2 aromatic heterocycles. The maximum Gasteiger partial charge on any atom is 0.331 e. The number of aromatic nitrogens is 1. The molecule has 3 aromatic rings. The van der Waals surface area contributed by atoms with Crippen molar-refractivity contribution < 1.29 is 19.1 Å². The van der Waals surface area contributed by atoms with Gasteiger partial charge in [-0.3, -0.25) is 14.6 Å². The molecule has 0 saturated carbocycles. The molecule has 1 amide bonds. The van der Waals surface area contributed by atoms with Crippen LogP contribution in [0.3, 0.4) is 0 Å². The first-order valence-corrected chi connectivity index (χ1v) is 9.89. The van der Waals surface area contributed by atoms with Crippen LogP contribution in [-0.2, 0) is 20.7 Å². The van der Waals surface area contributed by atoms with Gasteiger partial charge in [-0.2, -0.15) is 0 Å². The van der Waals surface area contributed by atoms with Gasteiger partial charge in [0.05, 0.1) is 10.4 Å². The van der Waals surface area contributed by atoms with E-state index in [2.05, 4.69) is 10.3 Å². The zero-order valence-electron chi connectivity index (χ0n) is 15.9. The number of nitrogens with one attached hydrogen (secondary N) is 1. The number of fused-ring (bicyclic) bond motifs is 1. The summed E-state index contributed by atoms with van der Waals surface area (Å²) >= 11 is 1.34. The topological polar surface area (TPSA) is 85.4 Å². The summed E-state index contributed by atoms with van der Waals surface area (Å²) in [4.78, 5) is 40.9. The van der Waals surface area contributed by atoms with Gasteiger partial charge in [-0.05, 0) is 30.7 Å². The molecule has 0 atom stereocenters.